The summed E-state index contributed by atoms with van der Waals surface area (Å²) in [6, 6.07) is 0. The number of hydrogen-bond donors (Lipinski definition) is 0. The van der Waals surface area contributed by atoms with E-state index in [-0.39, 0.29) is 23.7 Å². The maximum atomic E-state index is 12.0. The molecule has 1 aromatic rings. The van der Waals surface area contributed by atoms with Crippen LogP contribution in [0.1, 0.15) is 21.7 Å². The number of aryl methyl sites for hydroxylation is 1. The number of rotatable bonds is 3. The largest absolute Gasteiger partial charge is 0.465 e. The van der Waals surface area contributed by atoms with E-state index in [1.54, 1.807) is 12.3 Å². The molecule has 2 rings (SSSR count). The summed E-state index contributed by atoms with van der Waals surface area (Å²) in [6.45, 7) is 1.69. The number of methoxy groups -OCH3 is 1. The quantitative estimate of drug-likeness (QED) is 0.617. The Morgan fingerprint density at radius 2 is 2.20 bits per heavy atom. The average Bonchev–Trinajstić information content (AvgIpc) is 2.91. The fourth-order valence-corrected chi connectivity index (χ4v) is 4.09. The van der Waals surface area contributed by atoms with Crippen LogP contribution in [0.25, 0.3) is 0 Å². The minimum absolute atomic E-state index is 0.0494. The molecular formula is C11H12ClNO5S2. The van der Waals surface area contributed by atoms with E-state index in [2.05, 4.69) is 4.74 Å². The molecule has 1 aromatic heterocycles. The van der Waals surface area contributed by atoms with Gasteiger partial charge in [-0.05, 0) is 17.9 Å². The molecular weight excluding hydrogens is 326 g/mol. The molecule has 0 saturated carbocycles. The summed E-state index contributed by atoms with van der Waals surface area (Å²) in [5, 5.41) is 0.763. The summed E-state index contributed by atoms with van der Waals surface area (Å²) in [5.74, 6) is -0.922. The minimum Gasteiger partial charge on any atom is -0.465 e. The third kappa shape index (κ3) is 2.68. The highest BCUT2D eigenvalue weighted by atomic mass is 35.7. The van der Waals surface area contributed by atoms with Crippen molar-refractivity contribution in [3.8, 4) is 0 Å². The van der Waals surface area contributed by atoms with E-state index >= 15 is 0 Å². The number of amides is 1. The maximum Gasteiger partial charge on any atom is 0.350 e. The van der Waals surface area contributed by atoms with Gasteiger partial charge in [-0.1, -0.05) is 0 Å². The van der Waals surface area contributed by atoms with Crippen LogP contribution < -0.4 is 4.90 Å². The van der Waals surface area contributed by atoms with Crippen LogP contribution in [-0.2, 0) is 18.6 Å². The number of esters is 1. The molecule has 0 bridgehead atoms. The number of ether oxygens (including phenoxy) is 1. The number of anilines is 1. The molecule has 1 aliphatic heterocycles. The van der Waals surface area contributed by atoms with Gasteiger partial charge in [0.05, 0.1) is 12.8 Å². The van der Waals surface area contributed by atoms with Gasteiger partial charge in [-0.25, -0.2) is 13.2 Å². The Morgan fingerprint density at radius 1 is 1.55 bits per heavy atom. The molecule has 6 nitrogen and oxygen atoms in total. The number of carbonyl (C=O) groups excluding carboxylic acids is 2. The highest BCUT2D eigenvalue weighted by molar-refractivity contribution is 8.14. The minimum atomic E-state index is -3.81. The molecule has 1 saturated heterocycles. The van der Waals surface area contributed by atoms with Gasteiger partial charge >= 0.3 is 5.97 Å². The van der Waals surface area contributed by atoms with Crippen molar-refractivity contribution in [3.63, 3.8) is 0 Å². The molecule has 0 aliphatic carbocycles. The molecule has 1 fully saturated rings. The van der Waals surface area contributed by atoms with Crippen molar-refractivity contribution in [1.82, 2.24) is 0 Å². The second kappa shape index (κ2) is 5.34. The molecule has 20 heavy (non-hydrogen) atoms. The first-order valence-electron chi connectivity index (χ1n) is 5.66. The zero-order valence-electron chi connectivity index (χ0n) is 10.8. The number of carbonyl (C=O) groups is 2. The topological polar surface area (TPSA) is 80.8 Å². The molecule has 2 heterocycles. The first-order valence-corrected chi connectivity index (χ1v) is 8.91. The van der Waals surface area contributed by atoms with Gasteiger partial charge in [-0.15, -0.1) is 11.3 Å². The molecule has 1 amide bonds. The summed E-state index contributed by atoms with van der Waals surface area (Å²) in [4.78, 5) is 25.3. The molecule has 0 spiro atoms. The Hall–Kier alpha value is -1.12. The van der Waals surface area contributed by atoms with Crippen LogP contribution in [0.4, 0.5) is 5.69 Å². The molecule has 1 aliphatic rings. The standard InChI is InChI=1S/C11H12ClNO5S2/c1-6-5-19-10(11(15)18-2)9(6)13-4-7(3-8(13)14)20(12,16)17/h5,7H,3-4H2,1-2H3. The fraction of sp³-hybridized carbons (Fsp3) is 0.455. The molecule has 0 radical (unpaired) electrons. The van der Waals surface area contributed by atoms with Gasteiger partial charge in [-0.3, -0.25) is 4.79 Å². The van der Waals surface area contributed by atoms with Crippen molar-refractivity contribution < 1.29 is 22.7 Å². The lowest BCUT2D eigenvalue weighted by atomic mass is 10.2. The van der Waals surface area contributed by atoms with Crippen LogP contribution in [0.2, 0.25) is 0 Å². The highest BCUT2D eigenvalue weighted by Gasteiger charge is 2.40. The second-order valence-corrected chi connectivity index (χ2v) is 8.18. The van der Waals surface area contributed by atoms with Crippen LogP contribution in [0.15, 0.2) is 5.38 Å². The lowest BCUT2D eigenvalue weighted by Gasteiger charge is -2.17. The van der Waals surface area contributed by atoms with Gasteiger partial charge in [0, 0.05) is 23.6 Å². The Labute approximate surface area is 124 Å². The SMILES string of the molecule is COC(=O)c1scc(C)c1N1CC(S(=O)(=O)Cl)CC1=O. The summed E-state index contributed by atoms with van der Waals surface area (Å²) < 4.78 is 27.4. The number of halogens is 1. The van der Waals surface area contributed by atoms with E-state index < -0.39 is 20.3 Å². The van der Waals surface area contributed by atoms with E-state index in [1.807, 2.05) is 0 Å². The number of nitrogens with zero attached hydrogens (tertiary/aromatic N) is 1. The van der Waals surface area contributed by atoms with Crippen molar-refractivity contribution in [2.24, 2.45) is 0 Å². The maximum absolute atomic E-state index is 12.0. The third-order valence-electron chi connectivity index (χ3n) is 3.07. The summed E-state index contributed by atoms with van der Waals surface area (Å²) in [6.07, 6.45) is -0.179. The van der Waals surface area contributed by atoms with Crippen molar-refractivity contribution in [3.05, 3.63) is 15.8 Å². The van der Waals surface area contributed by atoms with Gasteiger partial charge in [0.2, 0.25) is 15.0 Å². The van der Waals surface area contributed by atoms with Gasteiger partial charge in [-0.2, -0.15) is 0 Å². The first kappa shape index (κ1) is 15.3. The van der Waals surface area contributed by atoms with Crippen LogP contribution in [0, 0.1) is 6.92 Å². The second-order valence-electron chi connectivity index (χ2n) is 4.39. The lowest BCUT2D eigenvalue weighted by molar-refractivity contribution is -0.117. The molecule has 1 atom stereocenters. The number of hydrogen-bond acceptors (Lipinski definition) is 6. The van der Waals surface area contributed by atoms with Crippen LogP contribution >= 0.6 is 22.0 Å². The number of thiophene rings is 1. The van der Waals surface area contributed by atoms with Gasteiger partial charge in [0.1, 0.15) is 10.1 Å². The van der Waals surface area contributed by atoms with Crippen LogP contribution in [0.5, 0.6) is 0 Å². The Kier molecular flexibility index (Phi) is 4.08. The zero-order valence-corrected chi connectivity index (χ0v) is 13.1. The van der Waals surface area contributed by atoms with Gasteiger partial charge in [0.15, 0.2) is 0 Å². The smallest absolute Gasteiger partial charge is 0.350 e. The Morgan fingerprint density at radius 3 is 2.70 bits per heavy atom. The monoisotopic (exact) mass is 337 g/mol. The average molecular weight is 338 g/mol. The zero-order chi connectivity index (χ0) is 15.1. The molecule has 110 valence electrons. The third-order valence-corrected chi connectivity index (χ3v) is 6.01. The van der Waals surface area contributed by atoms with E-state index in [0.717, 1.165) is 16.9 Å². The molecule has 0 aromatic carbocycles. The van der Waals surface area contributed by atoms with E-state index in [0.29, 0.717) is 5.69 Å². The first-order chi connectivity index (χ1) is 9.25. The van der Waals surface area contributed by atoms with Crippen molar-refractivity contribution in [2.45, 2.75) is 18.6 Å². The summed E-state index contributed by atoms with van der Waals surface area (Å²) in [5.41, 5.74) is 1.13. The van der Waals surface area contributed by atoms with Crippen molar-refractivity contribution in [1.29, 1.82) is 0 Å². The van der Waals surface area contributed by atoms with Crippen molar-refractivity contribution in [2.75, 3.05) is 18.6 Å². The highest BCUT2D eigenvalue weighted by Crippen LogP contribution is 2.36. The Bertz CT molecular complexity index is 666. The normalized spacial score (nSPS) is 19.4. The van der Waals surface area contributed by atoms with E-state index in [4.69, 9.17) is 10.7 Å². The fourth-order valence-electron chi connectivity index (χ4n) is 2.09. The predicted molar refractivity (Wildman–Crippen MR) is 75.9 cm³/mol. The van der Waals surface area contributed by atoms with Gasteiger partial charge < -0.3 is 9.64 Å². The van der Waals surface area contributed by atoms with Crippen LogP contribution in [0.3, 0.4) is 0 Å². The molecule has 9 heteroatoms. The van der Waals surface area contributed by atoms with E-state index in [9.17, 15) is 18.0 Å². The lowest BCUT2D eigenvalue weighted by Crippen LogP contribution is -2.28. The molecule has 1 unspecified atom stereocenters. The van der Waals surface area contributed by atoms with Crippen molar-refractivity contribution >= 4 is 48.6 Å². The summed E-state index contributed by atoms with van der Waals surface area (Å²) >= 11 is 1.16. The Balaban J connectivity index is 2.40. The van der Waals surface area contributed by atoms with Gasteiger partial charge in [0.25, 0.3) is 0 Å². The van der Waals surface area contributed by atoms with E-state index in [1.165, 1.54) is 12.0 Å². The molecule has 0 N–H and O–H groups in total. The predicted octanol–water partition coefficient (Wildman–Crippen LogP) is 1.52. The summed E-state index contributed by atoms with van der Waals surface area (Å²) in [7, 11) is 2.74. The van der Waals surface area contributed by atoms with Crippen LogP contribution in [-0.4, -0.2) is 39.2 Å².